The number of carbonyl (C=O) groups excluding carboxylic acids is 2. The molecule has 0 aromatic heterocycles. The fourth-order valence-electron chi connectivity index (χ4n) is 1.97. The molecule has 0 amide bonds. The van der Waals surface area contributed by atoms with Gasteiger partial charge in [0, 0.05) is 6.42 Å². The van der Waals surface area contributed by atoms with Crippen molar-refractivity contribution in [1.82, 2.24) is 0 Å². The topological polar surface area (TPSA) is 116 Å². The Bertz CT molecular complexity index is 812. The van der Waals surface area contributed by atoms with Crippen LogP contribution in [0.2, 0.25) is 0 Å². The number of hydrogen-bond donors (Lipinski definition) is 1. The lowest BCUT2D eigenvalue weighted by atomic mass is 10.1. The first-order valence-electron chi connectivity index (χ1n) is 8.95. The van der Waals surface area contributed by atoms with Gasteiger partial charge < -0.3 is 14.2 Å². The van der Waals surface area contributed by atoms with Crippen molar-refractivity contribution in [2.45, 2.75) is 62.2 Å². The first kappa shape index (κ1) is 31.0. The molecule has 8 nitrogen and oxygen atoms in total. The van der Waals surface area contributed by atoms with E-state index in [4.69, 9.17) is 4.55 Å². The molecule has 0 aliphatic heterocycles. The molecule has 0 rings (SSSR count). The highest BCUT2D eigenvalue weighted by Crippen LogP contribution is 2.42. The normalized spacial score (nSPS) is 15.0. The van der Waals surface area contributed by atoms with Crippen molar-refractivity contribution in [3.8, 4) is 0 Å². The van der Waals surface area contributed by atoms with Gasteiger partial charge in [-0.3, -0.25) is 4.55 Å². The van der Waals surface area contributed by atoms with Crippen LogP contribution < -0.4 is 0 Å². The Morgan fingerprint density at radius 2 is 1.52 bits per heavy atom. The SMILES string of the molecule is C=C(F)C(=O)OC(OCCCCC(F)(F)C(F)(F)S(=O)(=O)O)(C(=O)OCCCC)C(F)(F)F. The molecular weight excluding hydrogens is 504 g/mol. The molecule has 0 aliphatic carbocycles. The number of rotatable bonds is 14. The minimum Gasteiger partial charge on any atom is -0.461 e. The number of unbranched alkanes of at least 4 members (excludes halogenated alkanes) is 2. The number of carbonyl (C=O) groups is 2. The van der Waals surface area contributed by atoms with Crippen molar-refractivity contribution in [2.24, 2.45) is 0 Å². The van der Waals surface area contributed by atoms with Gasteiger partial charge in [-0.05, 0) is 19.3 Å². The third-order valence-electron chi connectivity index (χ3n) is 3.77. The molecule has 0 aromatic rings. The molecule has 0 saturated heterocycles. The zero-order valence-electron chi connectivity index (χ0n) is 16.9. The number of alkyl halides is 7. The van der Waals surface area contributed by atoms with Gasteiger partial charge in [-0.15, -0.1) is 0 Å². The van der Waals surface area contributed by atoms with Crippen LogP contribution in [0.3, 0.4) is 0 Å². The second-order valence-electron chi connectivity index (χ2n) is 6.40. The molecule has 1 N–H and O–H groups in total. The lowest BCUT2D eigenvalue weighted by Gasteiger charge is -2.32. The van der Waals surface area contributed by atoms with E-state index in [2.05, 4.69) is 20.8 Å². The van der Waals surface area contributed by atoms with Gasteiger partial charge in [0.2, 0.25) is 5.83 Å². The van der Waals surface area contributed by atoms with E-state index in [1.807, 2.05) is 0 Å². The lowest BCUT2D eigenvalue weighted by Crippen LogP contribution is -2.58. The highest BCUT2D eigenvalue weighted by molar-refractivity contribution is 7.87. The van der Waals surface area contributed by atoms with Crippen LogP contribution in [0, 0.1) is 0 Å². The summed E-state index contributed by atoms with van der Waals surface area (Å²) < 4.78 is 148. The zero-order valence-corrected chi connectivity index (χ0v) is 17.7. The standard InChI is InChI=1S/C16H20F8O8S/c1-3-4-8-30-12(26)14(15(20,21)22,32-11(25)10(2)17)31-9-6-5-7-13(18,19)16(23,24)33(27,28)29/h2-9H2,1H3,(H,27,28,29). The van der Waals surface area contributed by atoms with Gasteiger partial charge in [0.25, 0.3) is 0 Å². The van der Waals surface area contributed by atoms with E-state index >= 15 is 0 Å². The maximum absolute atomic E-state index is 13.6. The molecule has 0 heterocycles. The number of halogens is 8. The molecule has 0 spiro atoms. The Morgan fingerprint density at radius 1 is 0.970 bits per heavy atom. The summed E-state index contributed by atoms with van der Waals surface area (Å²) in [7, 11) is -6.52. The predicted molar refractivity (Wildman–Crippen MR) is 92.2 cm³/mol. The van der Waals surface area contributed by atoms with E-state index in [0.29, 0.717) is 6.42 Å². The van der Waals surface area contributed by atoms with E-state index in [0.717, 1.165) is 0 Å². The molecule has 1 atom stereocenters. The quantitative estimate of drug-likeness (QED) is 0.0908. The van der Waals surface area contributed by atoms with Crippen LogP contribution >= 0.6 is 0 Å². The average Bonchev–Trinajstić information content (AvgIpc) is 2.64. The van der Waals surface area contributed by atoms with E-state index in [1.165, 1.54) is 0 Å². The number of hydrogen-bond acceptors (Lipinski definition) is 7. The van der Waals surface area contributed by atoms with Crippen LogP contribution in [0.5, 0.6) is 0 Å². The Balaban J connectivity index is 5.52. The Morgan fingerprint density at radius 3 is 1.94 bits per heavy atom. The fourth-order valence-corrected chi connectivity index (χ4v) is 2.45. The van der Waals surface area contributed by atoms with Crippen molar-refractivity contribution < 1.29 is 71.9 Å². The third kappa shape index (κ3) is 7.77. The highest BCUT2D eigenvalue weighted by atomic mass is 32.2. The fraction of sp³-hybridized carbons (Fsp3) is 0.750. The van der Waals surface area contributed by atoms with Crippen molar-refractivity contribution >= 4 is 22.1 Å². The van der Waals surface area contributed by atoms with E-state index in [1.54, 1.807) is 6.92 Å². The average molecular weight is 524 g/mol. The summed E-state index contributed by atoms with van der Waals surface area (Å²) in [5.74, 6) is -16.6. The first-order chi connectivity index (χ1) is 14.8. The van der Waals surface area contributed by atoms with Crippen LogP contribution in [0.1, 0.15) is 39.0 Å². The van der Waals surface area contributed by atoms with Crippen molar-refractivity contribution in [3.63, 3.8) is 0 Å². The summed E-state index contributed by atoms with van der Waals surface area (Å²) in [5.41, 5.74) is 0. The second kappa shape index (κ2) is 11.4. The minimum absolute atomic E-state index is 0.0699. The number of ether oxygens (including phenoxy) is 3. The Hall–Kier alpha value is -2.01. The highest BCUT2D eigenvalue weighted by Gasteiger charge is 2.68. The van der Waals surface area contributed by atoms with Gasteiger partial charge in [0.15, 0.2) is 0 Å². The maximum atomic E-state index is 13.6. The largest absolute Gasteiger partial charge is 0.468 e. The minimum atomic E-state index is -6.52. The van der Waals surface area contributed by atoms with Crippen molar-refractivity contribution in [1.29, 1.82) is 0 Å². The van der Waals surface area contributed by atoms with Gasteiger partial charge in [-0.25, -0.2) is 9.59 Å². The van der Waals surface area contributed by atoms with Gasteiger partial charge in [-0.2, -0.15) is 43.5 Å². The molecule has 0 bridgehead atoms. The van der Waals surface area contributed by atoms with Crippen LogP contribution in [0.15, 0.2) is 12.4 Å². The van der Waals surface area contributed by atoms with Crippen molar-refractivity contribution in [2.75, 3.05) is 13.2 Å². The second-order valence-corrected chi connectivity index (χ2v) is 7.86. The molecule has 0 aliphatic rings. The summed E-state index contributed by atoms with van der Waals surface area (Å²) in [6.45, 7) is 2.03. The molecule has 0 fully saturated rings. The summed E-state index contributed by atoms with van der Waals surface area (Å²) in [5, 5.41) is -5.89. The van der Waals surface area contributed by atoms with Crippen LogP contribution in [0.25, 0.3) is 0 Å². The van der Waals surface area contributed by atoms with Gasteiger partial charge in [-0.1, -0.05) is 19.9 Å². The van der Waals surface area contributed by atoms with Crippen LogP contribution in [0.4, 0.5) is 35.1 Å². The summed E-state index contributed by atoms with van der Waals surface area (Å²) in [6.07, 6.45) is -9.43. The zero-order chi connectivity index (χ0) is 26.3. The smallest absolute Gasteiger partial charge is 0.461 e. The monoisotopic (exact) mass is 524 g/mol. The molecule has 1 unspecified atom stereocenters. The number of esters is 2. The molecular formula is C16H20F8O8S. The van der Waals surface area contributed by atoms with Gasteiger partial charge >= 0.3 is 45.2 Å². The Labute approximate surface area is 182 Å². The summed E-state index contributed by atoms with van der Waals surface area (Å²) in [4.78, 5) is 23.3. The molecule has 33 heavy (non-hydrogen) atoms. The van der Waals surface area contributed by atoms with Crippen LogP contribution in [-0.2, 0) is 33.9 Å². The van der Waals surface area contributed by atoms with Gasteiger partial charge in [0.1, 0.15) is 0 Å². The molecule has 194 valence electrons. The molecule has 0 saturated carbocycles. The summed E-state index contributed by atoms with van der Waals surface area (Å²) in [6, 6.07) is 0. The van der Waals surface area contributed by atoms with Crippen LogP contribution in [-0.4, -0.2) is 61.3 Å². The summed E-state index contributed by atoms with van der Waals surface area (Å²) >= 11 is 0. The lowest BCUT2D eigenvalue weighted by molar-refractivity contribution is -0.355. The van der Waals surface area contributed by atoms with Crippen molar-refractivity contribution in [3.05, 3.63) is 12.4 Å². The predicted octanol–water partition coefficient (Wildman–Crippen LogP) is 3.92. The maximum Gasteiger partial charge on any atom is 0.468 e. The molecule has 0 aromatic carbocycles. The molecule has 0 radical (unpaired) electrons. The van der Waals surface area contributed by atoms with E-state index in [-0.39, 0.29) is 6.42 Å². The third-order valence-corrected chi connectivity index (χ3v) is 4.72. The molecule has 17 heteroatoms. The van der Waals surface area contributed by atoms with E-state index < -0.39 is 83.5 Å². The van der Waals surface area contributed by atoms with Gasteiger partial charge in [0.05, 0.1) is 13.2 Å². The Kier molecular flexibility index (Phi) is 10.7. The van der Waals surface area contributed by atoms with E-state index in [9.17, 15) is 53.1 Å². The first-order valence-corrected chi connectivity index (χ1v) is 10.4.